The molecule has 0 atom stereocenters. The van der Waals surface area contributed by atoms with Crippen molar-refractivity contribution < 1.29 is 4.79 Å². The molecule has 2 fully saturated rings. The van der Waals surface area contributed by atoms with E-state index in [4.69, 9.17) is 0 Å². The van der Waals surface area contributed by atoms with E-state index in [1.165, 1.54) is 29.6 Å². The summed E-state index contributed by atoms with van der Waals surface area (Å²) >= 11 is 0. The van der Waals surface area contributed by atoms with Gasteiger partial charge in [-0.05, 0) is 72.7 Å². The lowest BCUT2D eigenvalue weighted by atomic mass is 9.98. The van der Waals surface area contributed by atoms with E-state index in [1.807, 2.05) is 6.08 Å². The molecule has 19 heavy (non-hydrogen) atoms. The Hall–Kier alpha value is -1.61. The molecule has 0 unspecified atom stereocenters. The normalized spacial score (nSPS) is 24.5. The van der Waals surface area contributed by atoms with Gasteiger partial charge in [0.2, 0.25) is 0 Å². The number of carbonyl (C=O) groups is 1. The molecule has 3 heteroatoms. The molecule has 4 rings (SSSR count). The highest BCUT2D eigenvalue weighted by Crippen LogP contribution is 2.51. The average molecular weight is 254 g/mol. The molecule has 1 saturated carbocycles. The van der Waals surface area contributed by atoms with Crippen LogP contribution in [0.5, 0.6) is 0 Å². The molecule has 0 aromatic carbocycles. The first-order valence-electron chi connectivity index (χ1n) is 7.18. The van der Waals surface area contributed by atoms with E-state index in [9.17, 15) is 4.79 Å². The van der Waals surface area contributed by atoms with E-state index in [0.717, 1.165) is 37.2 Å². The summed E-state index contributed by atoms with van der Waals surface area (Å²) in [6.45, 7) is 2.97. The molecule has 0 radical (unpaired) electrons. The molecule has 3 nitrogen and oxygen atoms in total. The first-order valence-corrected chi connectivity index (χ1v) is 7.18. The van der Waals surface area contributed by atoms with Gasteiger partial charge >= 0.3 is 0 Å². The molecular formula is C16H18N2O. The van der Waals surface area contributed by atoms with E-state index in [2.05, 4.69) is 22.8 Å². The summed E-state index contributed by atoms with van der Waals surface area (Å²) in [5.74, 6) is 0.730. The van der Waals surface area contributed by atoms with Crippen LogP contribution in [0.4, 0.5) is 0 Å². The highest BCUT2D eigenvalue weighted by molar-refractivity contribution is 6.01. The first kappa shape index (κ1) is 11.2. The summed E-state index contributed by atoms with van der Waals surface area (Å²) in [6, 6.07) is 0. The highest BCUT2D eigenvalue weighted by atomic mass is 16.1. The van der Waals surface area contributed by atoms with E-state index in [1.54, 1.807) is 0 Å². The largest absolute Gasteiger partial charge is 0.352 e. The minimum absolute atomic E-state index is 0.0959. The Balaban J connectivity index is 1.42. The van der Waals surface area contributed by atoms with Gasteiger partial charge in [0, 0.05) is 12.1 Å². The zero-order chi connectivity index (χ0) is 12.8. The van der Waals surface area contributed by atoms with Crippen molar-refractivity contribution in [2.75, 3.05) is 19.6 Å². The Kier molecular flexibility index (Phi) is 2.49. The van der Waals surface area contributed by atoms with Crippen LogP contribution in [0.25, 0.3) is 0 Å². The molecule has 1 aliphatic heterocycles. The zero-order valence-corrected chi connectivity index (χ0v) is 11.0. The van der Waals surface area contributed by atoms with Gasteiger partial charge in [-0.3, -0.25) is 4.79 Å². The van der Waals surface area contributed by atoms with Crippen LogP contribution < -0.4 is 10.6 Å². The second-order valence-corrected chi connectivity index (χ2v) is 5.80. The monoisotopic (exact) mass is 254 g/mol. The number of hydrogen-bond donors (Lipinski definition) is 2. The summed E-state index contributed by atoms with van der Waals surface area (Å²) in [6.07, 6.45) is 9.72. The molecule has 0 aromatic heterocycles. The molecule has 1 heterocycles. The van der Waals surface area contributed by atoms with Crippen molar-refractivity contribution in [2.24, 2.45) is 5.92 Å². The van der Waals surface area contributed by atoms with Gasteiger partial charge in [-0.2, -0.15) is 0 Å². The maximum atomic E-state index is 12.3. The maximum absolute atomic E-state index is 12.3. The van der Waals surface area contributed by atoms with Crippen molar-refractivity contribution in [2.45, 2.75) is 19.3 Å². The highest BCUT2D eigenvalue weighted by Gasteiger charge is 2.35. The molecule has 0 spiro atoms. The molecule has 98 valence electrons. The van der Waals surface area contributed by atoms with Crippen molar-refractivity contribution in [1.29, 1.82) is 0 Å². The molecule has 2 N–H and O–H groups in total. The topological polar surface area (TPSA) is 41.1 Å². The van der Waals surface area contributed by atoms with Crippen LogP contribution in [0.2, 0.25) is 0 Å². The third-order valence-corrected chi connectivity index (χ3v) is 4.53. The zero-order valence-electron chi connectivity index (χ0n) is 11.0. The SMILES string of the molecule is O=C(NCC1CCNCC1)C1=C2C=C3CC3=C2C=C1. The Morgan fingerprint density at radius 3 is 2.95 bits per heavy atom. The Labute approximate surface area is 113 Å². The molecule has 0 bridgehead atoms. The van der Waals surface area contributed by atoms with Crippen LogP contribution in [-0.2, 0) is 4.79 Å². The van der Waals surface area contributed by atoms with Crippen molar-refractivity contribution >= 4 is 5.91 Å². The maximum Gasteiger partial charge on any atom is 0.251 e. The fourth-order valence-corrected chi connectivity index (χ4v) is 3.25. The van der Waals surface area contributed by atoms with Crippen LogP contribution in [0.3, 0.4) is 0 Å². The van der Waals surface area contributed by atoms with E-state index in [-0.39, 0.29) is 5.91 Å². The quantitative estimate of drug-likeness (QED) is 0.803. The Morgan fingerprint density at radius 2 is 2.11 bits per heavy atom. The summed E-state index contributed by atoms with van der Waals surface area (Å²) in [7, 11) is 0. The minimum atomic E-state index is 0.0959. The second-order valence-electron chi connectivity index (χ2n) is 5.80. The standard InChI is InChI=1S/C16H18N2O/c19-16(18-9-10-3-5-17-6-4-10)13-2-1-12-14-7-11(14)8-15(12)13/h1-2,8,10,17H,3-7,9H2,(H,18,19). The lowest BCUT2D eigenvalue weighted by molar-refractivity contribution is -0.117. The van der Waals surface area contributed by atoms with Crippen molar-refractivity contribution in [3.05, 3.63) is 46.1 Å². The lowest BCUT2D eigenvalue weighted by Crippen LogP contribution is -2.36. The van der Waals surface area contributed by atoms with Crippen LogP contribution in [0, 0.1) is 5.92 Å². The van der Waals surface area contributed by atoms with Gasteiger partial charge in [-0.25, -0.2) is 0 Å². The predicted molar refractivity (Wildman–Crippen MR) is 74.5 cm³/mol. The smallest absolute Gasteiger partial charge is 0.251 e. The molecule has 1 saturated heterocycles. The van der Waals surface area contributed by atoms with Gasteiger partial charge < -0.3 is 10.6 Å². The third-order valence-electron chi connectivity index (χ3n) is 4.53. The summed E-state index contributed by atoms with van der Waals surface area (Å²) in [4.78, 5) is 12.3. The van der Waals surface area contributed by atoms with E-state index in [0.29, 0.717) is 5.92 Å². The number of carbonyl (C=O) groups excluding carboxylic acids is 1. The van der Waals surface area contributed by atoms with Crippen LogP contribution in [0.15, 0.2) is 46.1 Å². The molecule has 0 aromatic rings. The number of fused-ring (bicyclic) bond motifs is 2. The van der Waals surface area contributed by atoms with Crippen LogP contribution in [-0.4, -0.2) is 25.5 Å². The van der Waals surface area contributed by atoms with Crippen molar-refractivity contribution in [3.8, 4) is 0 Å². The fourth-order valence-electron chi connectivity index (χ4n) is 3.25. The van der Waals surface area contributed by atoms with Crippen LogP contribution in [0.1, 0.15) is 19.3 Å². The number of piperidine rings is 1. The molecule has 3 aliphatic carbocycles. The summed E-state index contributed by atoms with van der Waals surface area (Å²) in [5.41, 5.74) is 6.18. The number of amides is 1. The molecule has 1 amide bonds. The van der Waals surface area contributed by atoms with Gasteiger partial charge in [0.15, 0.2) is 0 Å². The summed E-state index contributed by atoms with van der Waals surface area (Å²) in [5, 5.41) is 6.46. The number of rotatable bonds is 3. The van der Waals surface area contributed by atoms with Gasteiger partial charge in [-0.1, -0.05) is 6.08 Å². The average Bonchev–Trinajstić information content (AvgIpc) is 2.93. The van der Waals surface area contributed by atoms with Gasteiger partial charge in [0.25, 0.3) is 5.91 Å². The minimum Gasteiger partial charge on any atom is -0.352 e. The van der Waals surface area contributed by atoms with Gasteiger partial charge in [-0.15, -0.1) is 0 Å². The van der Waals surface area contributed by atoms with Crippen molar-refractivity contribution in [3.63, 3.8) is 0 Å². The Bertz CT molecular complexity index is 572. The number of hydrogen-bond acceptors (Lipinski definition) is 2. The summed E-state index contributed by atoms with van der Waals surface area (Å²) < 4.78 is 0. The predicted octanol–water partition coefficient (Wildman–Crippen LogP) is 1.61. The third kappa shape index (κ3) is 1.89. The molecule has 4 aliphatic rings. The fraction of sp³-hybridized carbons (Fsp3) is 0.438. The van der Waals surface area contributed by atoms with Gasteiger partial charge in [0.05, 0.1) is 0 Å². The molecular weight excluding hydrogens is 236 g/mol. The number of allylic oxidation sites excluding steroid dienone is 6. The lowest BCUT2D eigenvalue weighted by Gasteiger charge is -2.22. The second kappa shape index (κ2) is 4.20. The number of nitrogens with one attached hydrogen (secondary N) is 2. The first-order chi connectivity index (χ1) is 9.33. The van der Waals surface area contributed by atoms with E-state index >= 15 is 0 Å². The van der Waals surface area contributed by atoms with Crippen LogP contribution >= 0.6 is 0 Å². The van der Waals surface area contributed by atoms with E-state index < -0.39 is 0 Å². The van der Waals surface area contributed by atoms with Gasteiger partial charge in [0.1, 0.15) is 0 Å². The van der Waals surface area contributed by atoms with Crippen molar-refractivity contribution in [1.82, 2.24) is 10.6 Å². The Morgan fingerprint density at radius 1 is 1.26 bits per heavy atom.